The average Bonchev–Trinajstić information content (AvgIpc) is 3.13. The molecule has 0 unspecified atom stereocenters. The molecule has 33 heavy (non-hydrogen) atoms. The molecule has 0 saturated carbocycles. The predicted octanol–water partition coefficient (Wildman–Crippen LogP) is 6.39. The molecule has 1 aliphatic rings. The highest BCUT2D eigenvalue weighted by Crippen LogP contribution is 2.27. The number of hydrogen-bond acceptors (Lipinski definition) is 4. The van der Waals surface area contributed by atoms with Crippen molar-refractivity contribution in [3.05, 3.63) is 64.6 Å². The van der Waals surface area contributed by atoms with Crippen molar-refractivity contribution in [3.63, 3.8) is 0 Å². The van der Waals surface area contributed by atoms with Crippen LogP contribution in [-0.4, -0.2) is 29.0 Å². The maximum absolute atomic E-state index is 12.5. The van der Waals surface area contributed by atoms with E-state index in [1.54, 1.807) is 6.08 Å². The van der Waals surface area contributed by atoms with Gasteiger partial charge < -0.3 is 4.90 Å². The van der Waals surface area contributed by atoms with Crippen LogP contribution in [0.4, 0.5) is 4.79 Å². The molecule has 0 aromatic heterocycles. The van der Waals surface area contributed by atoms with E-state index in [1.807, 2.05) is 54.4 Å². The Kier molecular flexibility index (Phi) is 9.31. The van der Waals surface area contributed by atoms with E-state index in [4.69, 9.17) is 0 Å². The lowest BCUT2D eigenvalue weighted by molar-refractivity contribution is -0.130. The summed E-state index contributed by atoms with van der Waals surface area (Å²) in [5, 5.41) is 1.93. The molecule has 1 saturated heterocycles. The van der Waals surface area contributed by atoms with E-state index in [2.05, 4.69) is 18.3 Å². The van der Waals surface area contributed by atoms with Crippen molar-refractivity contribution in [2.45, 2.75) is 58.4 Å². The molecular weight excluding hydrogens is 432 g/mol. The molecule has 0 radical (unpaired) electrons. The zero-order valence-corrected chi connectivity index (χ0v) is 20.2. The summed E-state index contributed by atoms with van der Waals surface area (Å²) in [5.74, 6) is -0.155. The van der Waals surface area contributed by atoms with Crippen molar-refractivity contribution in [1.29, 1.82) is 0 Å². The predicted molar refractivity (Wildman–Crippen MR) is 135 cm³/mol. The van der Waals surface area contributed by atoms with Gasteiger partial charge in [0, 0.05) is 20.0 Å². The van der Waals surface area contributed by atoms with E-state index in [0.717, 1.165) is 46.9 Å². The van der Waals surface area contributed by atoms with Gasteiger partial charge in [-0.25, -0.2) is 0 Å². The second kappa shape index (κ2) is 12.4. The SMILES string of the molecule is CCCCCCCCC(=O)N(C)Cc1cccc(-c2ccc(C=C3SC(=O)NC3=O)cc2)c1. The van der Waals surface area contributed by atoms with Gasteiger partial charge in [-0.2, -0.15) is 0 Å². The number of unbranched alkanes of at least 4 members (excludes halogenated alkanes) is 5. The summed E-state index contributed by atoms with van der Waals surface area (Å²) in [6.45, 7) is 2.80. The first-order chi connectivity index (χ1) is 16.0. The fourth-order valence-corrected chi connectivity index (χ4v) is 4.49. The fraction of sp³-hybridized carbons (Fsp3) is 0.370. The van der Waals surface area contributed by atoms with Crippen LogP contribution in [0.15, 0.2) is 53.4 Å². The van der Waals surface area contributed by atoms with Crippen molar-refractivity contribution in [2.24, 2.45) is 0 Å². The first-order valence-electron chi connectivity index (χ1n) is 11.6. The van der Waals surface area contributed by atoms with Crippen LogP contribution >= 0.6 is 11.8 Å². The summed E-state index contributed by atoms with van der Waals surface area (Å²) in [6, 6.07) is 16.1. The second-order valence-corrected chi connectivity index (χ2v) is 9.46. The molecule has 2 aromatic carbocycles. The number of benzene rings is 2. The Labute approximate surface area is 200 Å². The van der Waals surface area contributed by atoms with Gasteiger partial charge in [0.15, 0.2) is 0 Å². The first-order valence-corrected chi connectivity index (χ1v) is 12.5. The Bertz CT molecular complexity index is 1010. The highest BCUT2D eigenvalue weighted by molar-refractivity contribution is 8.18. The Balaban J connectivity index is 1.56. The quantitative estimate of drug-likeness (QED) is 0.309. The molecule has 3 rings (SSSR count). The minimum Gasteiger partial charge on any atom is -0.341 e. The van der Waals surface area contributed by atoms with Crippen molar-refractivity contribution in [1.82, 2.24) is 10.2 Å². The van der Waals surface area contributed by atoms with E-state index in [9.17, 15) is 14.4 Å². The molecule has 2 aromatic rings. The third kappa shape index (κ3) is 7.60. The van der Waals surface area contributed by atoms with Gasteiger partial charge in [0.2, 0.25) is 5.91 Å². The zero-order chi connectivity index (χ0) is 23.6. The van der Waals surface area contributed by atoms with E-state index in [-0.39, 0.29) is 17.1 Å². The van der Waals surface area contributed by atoms with E-state index in [0.29, 0.717) is 17.9 Å². The molecule has 0 spiro atoms. The van der Waals surface area contributed by atoms with Gasteiger partial charge in [0.1, 0.15) is 0 Å². The number of nitrogens with one attached hydrogen (secondary N) is 1. The third-order valence-electron chi connectivity index (χ3n) is 5.70. The molecule has 0 atom stereocenters. The van der Waals surface area contributed by atoms with E-state index < -0.39 is 0 Å². The molecule has 1 N–H and O–H groups in total. The standard InChI is InChI=1S/C27H32N2O3S/c1-3-4-5-6-7-8-12-25(30)29(2)19-21-10-9-11-23(17-21)22-15-13-20(14-16-22)18-24-26(31)28-27(32)33-24/h9-11,13-18H,3-8,12,19H2,1-2H3,(H,28,31,32). The maximum Gasteiger partial charge on any atom is 0.290 e. The fourth-order valence-electron chi connectivity index (χ4n) is 3.80. The topological polar surface area (TPSA) is 66.5 Å². The first kappa shape index (κ1) is 24.8. The summed E-state index contributed by atoms with van der Waals surface area (Å²) >= 11 is 0.917. The van der Waals surface area contributed by atoms with Crippen molar-refractivity contribution < 1.29 is 14.4 Å². The van der Waals surface area contributed by atoms with Gasteiger partial charge >= 0.3 is 0 Å². The average molecular weight is 465 g/mol. The number of carbonyl (C=O) groups is 3. The van der Waals surface area contributed by atoms with Crippen molar-refractivity contribution in [2.75, 3.05) is 7.05 Å². The highest BCUT2D eigenvalue weighted by Gasteiger charge is 2.24. The number of rotatable bonds is 11. The van der Waals surface area contributed by atoms with Crippen LogP contribution in [0.25, 0.3) is 17.2 Å². The number of imide groups is 1. The Morgan fingerprint density at radius 1 is 0.970 bits per heavy atom. The van der Waals surface area contributed by atoms with Crippen LogP contribution in [0, 0.1) is 0 Å². The largest absolute Gasteiger partial charge is 0.341 e. The minimum absolute atomic E-state index is 0.195. The van der Waals surface area contributed by atoms with Crippen LogP contribution < -0.4 is 5.32 Å². The molecule has 1 aliphatic heterocycles. The third-order valence-corrected chi connectivity index (χ3v) is 6.51. The van der Waals surface area contributed by atoms with Gasteiger partial charge in [0.05, 0.1) is 4.91 Å². The van der Waals surface area contributed by atoms with Gasteiger partial charge in [0.25, 0.3) is 11.1 Å². The van der Waals surface area contributed by atoms with Crippen LogP contribution in [0.2, 0.25) is 0 Å². The second-order valence-electron chi connectivity index (χ2n) is 8.44. The lowest BCUT2D eigenvalue weighted by atomic mass is 10.0. The molecule has 5 nitrogen and oxygen atoms in total. The van der Waals surface area contributed by atoms with Gasteiger partial charge in [-0.3, -0.25) is 19.7 Å². The van der Waals surface area contributed by atoms with Gasteiger partial charge in [-0.05, 0) is 52.6 Å². The van der Waals surface area contributed by atoms with Crippen LogP contribution in [0.1, 0.15) is 63.0 Å². The smallest absolute Gasteiger partial charge is 0.290 e. The summed E-state index contributed by atoms with van der Waals surface area (Å²) in [4.78, 5) is 37.7. The number of thioether (sulfide) groups is 1. The lowest BCUT2D eigenvalue weighted by Crippen LogP contribution is -2.25. The number of carbonyl (C=O) groups excluding carboxylic acids is 3. The monoisotopic (exact) mass is 464 g/mol. The Hall–Kier alpha value is -2.86. The maximum atomic E-state index is 12.5. The van der Waals surface area contributed by atoms with Crippen molar-refractivity contribution in [3.8, 4) is 11.1 Å². The summed E-state index contributed by atoms with van der Waals surface area (Å²) < 4.78 is 0. The Morgan fingerprint density at radius 3 is 2.39 bits per heavy atom. The van der Waals surface area contributed by atoms with Crippen LogP contribution in [0.5, 0.6) is 0 Å². The lowest BCUT2D eigenvalue weighted by Gasteiger charge is -2.18. The molecule has 174 valence electrons. The van der Waals surface area contributed by atoms with Gasteiger partial charge in [-0.1, -0.05) is 81.5 Å². The van der Waals surface area contributed by atoms with Gasteiger partial charge in [-0.15, -0.1) is 0 Å². The van der Waals surface area contributed by atoms with Crippen LogP contribution in [-0.2, 0) is 16.1 Å². The Morgan fingerprint density at radius 2 is 1.70 bits per heavy atom. The number of nitrogens with zero attached hydrogens (tertiary/aromatic N) is 1. The zero-order valence-electron chi connectivity index (χ0n) is 19.4. The van der Waals surface area contributed by atoms with Crippen LogP contribution in [0.3, 0.4) is 0 Å². The molecular formula is C27H32N2O3S. The molecule has 6 heteroatoms. The molecule has 0 bridgehead atoms. The molecule has 1 fully saturated rings. The molecule has 0 aliphatic carbocycles. The minimum atomic E-state index is -0.350. The van der Waals surface area contributed by atoms with E-state index >= 15 is 0 Å². The normalized spacial score (nSPS) is 14.5. The summed E-state index contributed by atoms with van der Waals surface area (Å²) in [5.41, 5.74) is 4.09. The van der Waals surface area contributed by atoms with Crippen molar-refractivity contribution >= 4 is 34.9 Å². The number of hydrogen-bond donors (Lipinski definition) is 1. The molecule has 3 amide bonds. The number of amides is 3. The molecule has 1 heterocycles. The summed E-state index contributed by atoms with van der Waals surface area (Å²) in [6.07, 6.45) is 9.42. The highest BCUT2D eigenvalue weighted by atomic mass is 32.2. The summed E-state index contributed by atoms with van der Waals surface area (Å²) in [7, 11) is 1.87. The van der Waals surface area contributed by atoms with E-state index in [1.165, 1.54) is 25.7 Å².